The summed E-state index contributed by atoms with van der Waals surface area (Å²) in [7, 11) is 0. The summed E-state index contributed by atoms with van der Waals surface area (Å²) in [5, 5.41) is 0.355. The molecule has 2 heteroatoms. The molecule has 128 valence electrons. The van der Waals surface area contributed by atoms with Crippen molar-refractivity contribution in [1.29, 1.82) is 0 Å². The van der Waals surface area contributed by atoms with Crippen LogP contribution in [-0.4, -0.2) is 11.2 Å². The Morgan fingerprint density at radius 1 is 1.13 bits per heavy atom. The fourth-order valence-electron chi connectivity index (χ4n) is 7.28. The maximum absolute atomic E-state index is 12.2. The number of allylic oxidation sites excluding steroid dienone is 2. The highest BCUT2D eigenvalue weighted by atomic mass is 35.5. The summed E-state index contributed by atoms with van der Waals surface area (Å²) in [4.78, 5) is 12.2. The smallest absolute Gasteiger partial charge is 0.133 e. The molecule has 0 aromatic rings. The second-order valence-corrected chi connectivity index (χ2v) is 10.0. The fraction of sp³-hybridized carbons (Fsp3) is 0.857. The molecule has 4 aliphatic rings. The Hall–Kier alpha value is -0.300. The number of fused-ring (bicyclic) bond motifs is 5. The predicted octanol–water partition coefficient (Wildman–Crippen LogP) is 5.76. The minimum Gasteiger partial charge on any atom is -0.300 e. The first-order valence-electron chi connectivity index (χ1n) is 9.70. The number of rotatable bonds is 1. The van der Waals surface area contributed by atoms with Crippen LogP contribution in [0.1, 0.15) is 72.1 Å². The number of ketones is 1. The molecule has 0 unspecified atom stereocenters. The Kier molecular flexibility index (Phi) is 3.76. The molecule has 0 aromatic heterocycles. The average Bonchev–Trinajstić information content (AvgIpc) is 2.85. The van der Waals surface area contributed by atoms with E-state index < -0.39 is 0 Å². The molecule has 0 bridgehead atoms. The van der Waals surface area contributed by atoms with E-state index in [1.165, 1.54) is 38.5 Å². The minimum atomic E-state index is 0.276. The SMILES string of the molecule is CC(=O)[C@H]1CC[C@H]2[C@@H]3CC=C4C[C@@H](Cl)CC[C@]4(C)[C@H]3CC[C@]12C. The normalized spacial score (nSPS) is 52.2. The van der Waals surface area contributed by atoms with Crippen LogP contribution in [0, 0.1) is 34.5 Å². The number of alkyl halides is 1. The third-order valence-electron chi connectivity index (χ3n) is 8.53. The van der Waals surface area contributed by atoms with E-state index in [0.29, 0.717) is 22.5 Å². The monoisotopic (exact) mass is 334 g/mol. The lowest BCUT2D eigenvalue weighted by molar-refractivity contribution is -0.127. The molecule has 0 radical (unpaired) electrons. The topological polar surface area (TPSA) is 17.1 Å². The zero-order chi connectivity index (χ0) is 16.4. The van der Waals surface area contributed by atoms with E-state index in [4.69, 9.17) is 11.6 Å². The van der Waals surface area contributed by atoms with Gasteiger partial charge in [0.15, 0.2) is 0 Å². The van der Waals surface area contributed by atoms with Crippen LogP contribution in [0.5, 0.6) is 0 Å². The summed E-state index contributed by atoms with van der Waals surface area (Å²) in [5.41, 5.74) is 2.33. The van der Waals surface area contributed by atoms with Gasteiger partial charge in [0.25, 0.3) is 0 Å². The maximum Gasteiger partial charge on any atom is 0.133 e. The van der Waals surface area contributed by atoms with Gasteiger partial charge in [-0.1, -0.05) is 25.5 Å². The summed E-state index contributed by atoms with van der Waals surface area (Å²) >= 11 is 6.46. The molecule has 0 aromatic carbocycles. The lowest BCUT2D eigenvalue weighted by Crippen LogP contribution is -2.50. The van der Waals surface area contributed by atoms with Crippen molar-refractivity contribution in [1.82, 2.24) is 0 Å². The first-order chi connectivity index (χ1) is 10.9. The summed E-state index contributed by atoms with van der Waals surface area (Å²) in [6.45, 7) is 6.79. The zero-order valence-corrected chi connectivity index (χ0v) is 15.7. The van der Waals surface area contributed by atoms with Crippen molar-refractivity contribution < 1.29 is 4.79 Å². The second kappa shape index (κ2) is 5.35. The molecule has 0 N–H and O–H groups in total. The van der Waals surface area contributed by atoms with Gasteiger partial charge in [0, 0.05) is 11.3 Å². The van der Waals surface area contributed by atoms with Crippen LogP contribution in [0.2, 0.25) is 0 Å². The molecule has 4 aliphatic carbocycles. The Labute approximate surface area is 146 Å². The Morgan fingerprint density at radius 3 is 2.65 bits per heavy atom. The predicted molar refractivity (Wildman–Crippen MR) is 95.5 cm³/mol. The molecule has 0 heterocycles. The van der Waals surface area contributed by atoms with E-state index in [1.54, 1.807) is 5.57 Å². The van der Waals surface area contributed by atoms with Gasteiger partial charge in [0.05, 0.1) is 0 Å². The number of halogens is 1. The maximum atomic E-state index is 12.2. The summed E-state index contributed by atoms with van der Waals surface area (Å²) in [5.74, 6) is 3.16. The van der Waals surface area contributed by atoms with Crippen molar-refractivity contribution >= 4 is 17.4 Å². The van der Waals surface area contributed by atoms with Crippen molar-refractivity contribution in [2.75, 3.05) is 0 Å². The molecule has 4 rings (SSSR count). The van der Waals surface area contributed by atoms with Crippen LogP contribution in [0.3, 0.4) is 0 Å². The summed E-state index contributed by atoms with van der Waals surface area (Å²) in [6, 6.07) is 0. The van der Waals surface area contributed by atoms with Crippen LogP contribution in [0.25, 0.3) is 0 Å². The van der Waals surface area contributed by atoms with Gasteiger partial charge in [-0.15, -0.1) is 11.6 Å². The number of hydrogen-bond donors (Lipinski definition) is 0. The molecule has 23 heavy (non-hydrogen) atoms. The molecule has 0 aliphatic heterocycles. The van der Waals surface area contributed by atoms with E-state index in [-0.39, 0.29) is 5.41 Å². The van der Waals surface area contributed by atoms with Crippen LogP contribution >= 0.6 is 11.6 Å². The van der Waals surface area contributed by atoms with Crippen molar-refractivity contribution in [3.63, 3.8) is 0 Å². The molecular weight excluding hydrogens is 304 g/mol. The minimum absolute atomic E-state index is 0.276. The lowest BCUT2D eigenvalue weighted by atomic mass is 9.47. The Morgan fingerprint density at radius 2 is 1.91 bits per heavy atom. The van der Waals surface area contributed by atoms with Crippen molar-refractivity contribution in [3.05, 3.63) is 11.6 Å². The number of carbonyl (C=O) groups is 1. The van der Waals surface area contributed by atoms with Crippen LogP contribution in [0.4, 0.5) is 0 Å². The standard InChI is InChI=1S/C21H31ClO/c1-13(23)17-6-7-18-16-5-4-14-12-15(22)8-10-20(14,2)19(16)9-11-21(17,18)3/h4,15-19H,5-12H2,1-3H3/t15-,16-,17+,18-,19-,20-,21+/m0/s1. The summed E-state index contributed by atoms with van der Waals surface area (Å²) < 4.78 is 0. The number of carbonyl (C=O) groups excluding carboxylic acids is 1. The highest BCUT2D eigenvalue weighted by molar-refractivity contribution is 6.20. The van der Waals surface area contributed by atoms with Gasteiger partial charge in [-0.2, -0.15) is 0 Å². The first kappa shape index (κ1) is 16.2. The Bertz CT molecular complexity index is 552. The lowest BCUT2D eigenvalue weighted by Gasteiger charge is -2.57. The zero-order valence-electron chi connectivity index (χ0n) is 14.9. The van der Waals surface area contributed by atoms with Crippen molar-refractivity contribution in [3.8, 4) is 0 Å². The van der Waals surface area contributed by atoms with Gasteiger partial charge < -0.3 is 0 Å². The molecule has 7 atom stereocenters. The van der Waals surface area contributed by atoms with Gasteiger partial charge in [0.1, 0.15) is 5.78 Å². The van der Waals surface area contributed by atoms with Gasteiger partial charge in [-0.25, -0.2) is 0 Å². The van der Waals surface area contributed by atoms with E-state index >= 15 is 0 Å². The molecule has 3 fully saturated rings. The molecule has 0 spiro atoms. The van der Waals surface area contributed by atoms with Gasteiger partial charge >= 0.3 is 0 Å². The quantitative estimate of drug-likeness (QED) is 0.440. The molecule has 3 saturated carbocycles. The highest BCUT2D eigenvalue weighted by Crippen LogP contribution is 2.66. The molecule has 0 saturated heterocycles. The van der Waals surface area contributed by atoms with E-state index in [1.807, 2.05) is 6.92 Å². The first-order valence-corrected chi connectivity index (χ1v) is 10.1. The average molecular weight is 335 g/mol. The van der Waals surface area contributed by atoms with Gasteiger partial charge in [-0.05, 0) is 86.9 Å². The van der Waals surface area contributed by atoms with Crippen molar-refractivity contribution in [2.24, 2.45) is 34.5 Å². The van der Waals surface area contributed by atoms with Crippen LogP contribution in [-0.2, 0) is 4.79 Å². The Balaban J connectivity index is 1.66. The van der Waals surface area contributed by atoms with Crippen LogP contribution in [0.15, 0.2) is 11.6 Å². The van der Waals surface area contributed by atoms with E-state index in [2.05, 4.69) is 19.9 Å². The third-order valence-corrected chi connectivity index (χ3v) is 8.91. The number of Topliss-reactive ketones (excluding diaryl/α,β-unsaturated/α-hetero) is 1. The van der Waals surface area contributed by atoms with E-state index in [0.717, 1.165) is 30.6 Å². The molecular formula is C21H31ClO. The summed E-state index contributed by atoms with van der Waals surface area (Å²) in [6.07, 6.45) is 12.4. The highest BCUT2D eigenvalue weighted by Gasteiger charge is 2.59. The molecule has 1 nitrogen and oxygen atoms in total. The van der Waals surface area contributed by atoms with Gasteiger partial charge in [-0.3, -0.25) is 4.79 Å². The number of hydrogen-bond acceptors (Lipinski definition) is 1. The largest absolute Gasteiger partial charge is 0.300 e. The third kappa shape index (κ3) is 2.21. The molecule has 0 amide bonds. The van der Waals surface area contributed by atoms with Crippen LogP contribution < -0.4 is 0 Å². The van der Waals surface area contributed by atoms with Gasteiger partial charge in [0.2, 0.25) is 0 Å². The second-order valence-electron chi connectivity index (χ2n) is 9.38. The van der Waals surface area contributed by atoms with Crippen molar-refractivity contribution in [2.45, 2.75) is 77.5 Å². The van der Waals surface area contributed by atoms with E-state index in [9.17, 15) is 4.79 Å². The fourth-order valence-corrected chi connectivity index (χ4v) is 7.56.